The number of alkyl halides is 3. The first-order chi connectivity index (χ1) is 11.6. The lowest BCUT2D eigenvalue weighted by Gasteiger charge is -2.15. The molecule has 0 radical (unpaired) electrons. The van der Waals surface area contributed by atoms with Gasteiger partial charge in [0.2, 0.25) is 5.91 Å². The zero-order chi connectivity index (χ0) is 19.0. The fourth-order valence-electron chi connectivity index (χ4n) is 2.05. The predicted molar refractivity (Wildman–Crippen MR) is 82.6 cm³/mol. The van der Waals surface area contributed by atoms with Gasteiger partial charge in [0.1, 0.15) is 5.82 Å². The van der Waals surface area contributed by atoms with Crippen LogP contribution in [0.25, 0.3) is 0 Å². The topological polar surface area (TPSA) is 78.4 Å². The van der Waals surface area contributed by atoms with Gasteiger partial charge in [0.25, 0.3) is 0 Å². The molecule has 0 aliphatic carbocycles. The number of halogens is 5. The van der Waals surface area contributed by atoms with E-state index in [-0.39, 0.29) is 17.8 Å². The number of carboxylic acids is 1. The Morgan fingerprint density at radius 1 is 1.36 bits per heavy atom. The second kappa shape index (κ2) is 9.57. The molecular weight excluding hydrogens is 368 g/mol. The van der Waals surface area contributed by atoms with Gasteiger partial charge in [0, 0.05) is 18.1 Å². The number of aliphatic carboxylic acids is 1. The van der Waals surface area contributed by atoms with Gasteiger partial charge in [0.15, 0.2) is 0 Å². The SMILES string of the molecule is O=C(O)C(F)(F)F.O=C1NCCCCC1NCc1cc(F)ccc1Cl. The van der Waals surface area contributed by atoms with Crippen molar-refractivity contribution in [3.8, 4) is 0 Å². The second-order valence-electron chi connectivity index (χ2n) is 5.26. The maximum Gasteiger partial charge on any atom is 0.490 e. The first-order valence-electron chi connectivity index (χ1n) is 7.36. The third-order valence-electron chi connectivity index (χ3n) is 3.32. The van der Waals surface area contributed by atoms with Gasteiger partial charge in [-0.25, -0.2) is 9.18 Å². The van der Waals surface area contributed by atoms with E-state index >= 15 is 0 Å². The van der Waals surface area contributed by atoms with E-state index < -0.39 is 12.1 Å². The van der Waals surface area contributed by atoms with Crippen molar-refractivity contribution in [1.29, 1.82) is 0 Å². The number of carboxylic acid groups (broad SMARTS) is 1. The Balaban J connectivity index is 0.000000381. The number of hydrogen-bond acceptors (Lipinski definition) is 3. The van der Waals surface area contributed by atoms with Crippen LogP contribution in [0, 0.1) is 5.82 Å². The van der Waals surface area contributed by atoms with Crippen LogP contribution in [0.2, 0.25) is 5.02 Å². The molecule has 1 unspecified atom stereocenters. The van der Waals surface area contributed by atoms with Crippen LogP contribution in [-0.2, 0) is 16.1 Å². The number of carbonyl (C=O) groups excluding carboxylic acids is 1. The van der Waals surface area contributed by atoms with Crippen molar-refractivity contribution in [2.24, 2.45) is 0 Å². The Hall–Kier alpha value is -1.87. The van der Waals surface area contributed by atoms with Gasteiger partial charge in [0.05, 0.1) is 6.04 Å². The predicted octanol–water partition coefficient (Wildman–Crippen LogP) is 2.87. The molecule has 1 heterocycles. The van der Waals surface area contributed by atoms with Crippen molar-refractivity contribution in [2.45, 2.75) is 38.0 Å². The van der Waals surface area contributed by atoms with Crippen LogP contribution in [0.3, 0.4) is 0 Å². The van der Waals surface area contributed by atoms with Crippen LogP contribution in [0.15, 0.2) is 18.2 Å². The summed E-state index contributed by atoms with van der Waals surface area (Å²) in [6.07, 6.45) is -2.27. The van der Waals surface area contributed by atoms with Crippen LogP contribution in [0.1, 0.15) is 24.8 Å². The summed E-state index contributed by atoms with van der Waals surface area (Å²) in [5.74, 6) is -3.06. The molecule has 1 aromatic carbocycles. The number of rotatable bonds is 3. The van der Waals surface area contributed by atoms with Gasteiger partial charge in [-0.15, -0.1) is 0 Å². The van der Waals surface area contributed by atoms with E-state index in [1.165, 1.54) is 18.2 Å². The summed E-state index contributed by atoms with van der Waals surface area (Å²) < 4.78 is 44.8. The summed E-state index contributed by atoms with van der Waals surface area (Å²) in [4.78, 5) is 20.6. The van der Waals surface area contributed by atoms with Gasteiger partial charge in [-0.3, -0.25) is 4.79 Å². The summed E-state index contributed by atoms with van der Waals surface area (Å²) in [6, 6.07) is 4.03. The zero-order valence-electron chi connectivity index (χ0n) is 13.0. The Labute approximate surface area is 146 Å². The molecular formula is C15H17ClF4N2O3. The molecule has 2 rings (SSSR count). The lowest BCUT2D eigenvalue weighted by atomic mass is 10.1. The van der Waals surface area contributed by atoms with Crippen LogP contribution in [0.5, 0.6) is 0 Å². The molecule has 1 fully saturated rings. The van der Waals surface area contributed by atoms with Crippen LogP contribution in [0.4, 0.5) is 17.6 Å². The van der Waals surface area contributed by atoms with E-state index in [9.17, 15) is 22.4 Å². The number of amides is 1. The quantitative estimate of drug-likeness (QED) is 0.700. The van der Waals surface area contributed by atoms with Crippen LogP contribution < -0.4 is 10.6 Å². The molecule has 5 nitrogen and oxygen atoms in total. The molecule has 0 bridgehead atoms. The van der Waals surface area contributed by atoms with Crippen molar-refractivity contribution < 1.29 is 32.3 Å². The molecule has 0 aromatic heterocycles. The molecule has 1 saturated heterocycles. The standard InChI is InChI=1S/C13H16ClFN2O.C2HF3O2/c14-11-5-4-10(15)7-9(11)8-17-12-3-1-2-6-16-13(12)18;3-2(4,5)1(6)7/h4-5,7,12,17H,1-3,6,8H2,(H,16,18);(H,6,7). The average molecular weight is 385 g/mol. The van der Waals surface area contributed by atoms with Crippen molar-refractivity contribution in [1.82, 2.24) is 10.6 Å². The van der Waals surface area contributed by atoms with Gasteiger partial charge in [-0.2, -0.15) is 13.2 Å². The smallest absolute Gasteiger partial charge is 0.475 e. The molecule has 140 valence electrons. The van der Waals surface area contributed by atoms with Gasteiger partial charge in [-0.05, 0) is 43.0 Å². The highest BCUT2D eigenvalue weighted by Gasteiger charge is 2.38. The number of nitrogens with one attached hydrogen (secondary N) is 2. The zero-order valence-corrected chi connectivity index (χ0v) is 13.8. The highest BCUT2D eigenvalue weighted by molar-refractivity contribution is 6.31. The molecule has 1 aromatic rings. The van der Waals surface area contributed by atoms with Crippen molar-refractivity contribution >= 4 is 23.5 Å². The Morgan fingerprint density at radius 2 is 2.00 bits per heavy atom. The Kier molecular flexibility index (Phi) is 8.11. The monoisotopic (exact) mass is 384 g/mol. The Morgan fingerprint density at radius 3 is 2.60 bits per heavy atom. The lowest BCUT2D eigenvalue weighted by Crippen LogP contribution is -2.42. The normalized spacial score (nSPS) is 17.8. The third kappa shape index (κ3) is 7.70. The average Bonchev–Trinajstić information content (AvgIpc) is 2.72. The van der Waals surface area contributed by atoms with E-state index in [0.29, 0.717) is 17.1 Å². The maximum atomic E-state index is 13.1. The molecule has 25 heavy (non-hydrogen) atoms. The summed E-state index contributed by atoms with van der Waals surface area (Å²) in [6.45, 7) is 1.13. The summed E-state index contributed by atoms with van der Waals surface area (Å²) in [5, 5.41) is 13.6. The van der Waals surface area contributed by atoms with E-state index in [4.69, 9.17) is 21.5 Å². The number of hydrogen-bond donors (Lipinski definition) is 3. The van der Waals surface area contributed by atoms with Crippen molar-refractivity contribution in [3.63, 3.8) is 0 Å². The molecule has 0 spiro atoms. The molecule has 10 heteroatoms. The van der Waals surface area contributed by atoms with E-state index in [1.807, 2.05) is 0 Å². The van der Waals surface area contributed by atoms with Crippen molar-refractivity contribution in [3.05, 3.63) is 34.6 Å². The highest BCUT2D eigenvalue weighted by atomic mass is 35.5. The first kappa shape index (κ1) is 21.2. The molecule has 1 aliphatic rings. The fourth-order valence-corrected chi connectivity index (χ4v) is 2.23. The van der Waals surface area contributed by atoms with Gasteiger partial charge < -0.3 is 15.7 Å². The lowest BCUT2D eigenvalue weighted by molar-refractivity contribution is -0.192. The summed E-state index contributed by atoms with van der Waals surface area (Å²) >= 11 is 5.98. The third-order valence-corrected chi connectivity index (χ3v) is 3.69. The van der Waals surface area contributed by atoms with Crippen molar-refractivity contribution in [2.75, 3.05) is 6.54 Å². The van der Waals surface area contributed by atoms with Gasteiger partial charge >= 0.3 is 12.1 Å². The van der Waals surface area contributed by atoms with E-state index in [1.54, 1.807) is 0 Å². The van der Waals surface area contributed by atoms with Crippen LogP contribution >= 0.6 is 11.6 Å². The first-order valence-corrected chi connectivity index (χ1v) is 7.74. The molecule has 0 saturated carbocycles. The fraction of sp³-hybridized carbons (Fsp3) is 0.467. The van der Waals surface area contributed by atoms with Crippen LogP contribution in [-0.4, -0.2) is 35.7 Å². The maximum absolute atomic E-state index is 13.1. The summed E-state index contributed by atoms with van der Waals surface area (Å²) in [7, 11) is 0. The Bertz CT molecular complexity index is 611. The number of carbonyl (C=O) groups is 2. The minimum Gasteiger partial charge on any atom is -0.475 e. The molecule has 1 amide bonds. The largest absolute Gasteiger partial charge is 0.490 e. The molecule has 3 N–H and O–H groups in total. The second-order valence-corrected chi connectivity index (χ2v) is 5.67. The molecule has 1 aliphatic heterocycles. The van der Waals surface area contributed by atoms with E-state index in [0.717, 1.165) is 25.8 Å². The highest BCUT2D eigenvalue weighted by Crippen LogP contribution is 2.17. The minimum absolute atomic E-state index is 0.0139. The van der Waals surface area contributed by atoms with Gasteiger partial charge in [-0.1, -0.05) is 11.6 Å². The molecule has 1 atom stereocenters. The number of benzene rings is 1. The van der Waals surface area contributed by atoms with E-state index in [2.05, 4.69) is 10.6 Å². The minimum atomic E-state index is -5.08. The summed E-state index contributed by atoms with van der Waals surface area (Å²) in [5.41, 5.74) is 0.675.